The number of unbranched alkanes of at least 4 members (excludes halogenated alkanes) is 5. The minimum Gasteiger partial charge on any atom is -0.478 e. The summed E-state index contributed by atoms with van der Waals surface area (Å²) in [6, 6.07) is 0. The van der Waals surface area contributed by atoms with Crippen molar-refractivity contribution < 1.29 is 9.90 Å². The number of halogens is 1. The summed E-state index contributed by atoms with van der Waals surface area (Å²) in [4.78, 5) is 12.3. The first-order chi connectivity index (χ1) is 9.45. The number of alkyl halides is 1. The Morgan fingerprint density at radius 3 is 2.10 bits per heavy atom. The lowest BCUT2D eigenvalue weighted by Crippen LogP contribution is -2.13. The highest BCUT2D eigenvalue weighted by molar-refractivity contribution is 9.09. The molecule has 0 aromatic carbocycles. The van der Waals surface area contributed by atoms with Gasteiger partial charge in [-0.15, -0.1) is 0 Å². The fourth-order valence-electron chi connectivity index (χ4n) is 1.59. The van der Waals surface area contributed by atoms with Gasteiger partial charge in [0.1, 0.15) is 0 Å². The van der Waals surface area contributed by atoms with Gasteiger partial charge in [0.15, 0.2) is 0 Å². The van der Waals surface area contributed by atoms with Crippen LogP contribution >= 0.6 is 15.9 Å². The van der Waals surface area contributed by atoms with Crippen LogP contribution in [0.25, 0.3) is 0 Å². The summed E-state index contributed by atoms with van der Waals surface area (Å²) >= 11 is 3.42. The minimum absolute atomic E-state index is 0.298. The van der Waals surface area contributed by atoms with Gasteiger partial charge in [-0.3, -0.25) is 0 Å². The van der Waals surface area contributed by atoms with Crippen molar-refractivity contribution >= 4 is 21.9 Å². The minimum atomic E-state index is -0.885. The van der Waals surface area contributed by atoms with E-state index in [1.54, 1.807) is 0 Å². The number of hydrogen-bond donors (Lipinski definition) is 1. The normalized spacial score (nSPS) is 10.1. The van der Waals surface area contributed by atoms with Gasteiger partial charge >= 0.3 is 5.97 Å². The van der Waals surface area contributed by atoms with Gasteiger partial charge in [0.05, 0.1) is 0 Å². The highest BCUT2D eigenvalue weighted by atomic mass is 79.9. The highest BCUT2D eigenvalue weighted by Gasteiger charge is 2.02. The van der Waals surface area contributed by atoms with Gasteiger partial charge in [0.25, 0.3) is 0 Å². The van der Waals surface area contributed by atoms with E-state index in [9.17, 15) is 4.79 Å². The Bertz CT molecular complexity index is 237. The summed E-state index contributed by atoms with van der Waals surface area (Å²) in [5.74, 6) is -0.885. The molecule has 1 N–H and O–H groups in total. The molecular formula is C16H32BrNO2. The molecule has 0 spiro atoms. The molecular weight excluding hydrogens is 318 g/mol. The van der Waals surface area contributed by atoms with E-state index in [0.29, 0.717) is 12.0 Å². The Balaban J connectivity index is 0. The SMILES string of the molecule is C=C(CCCN(C)C)C(=O)O.CCCCCCCCBr. The average Bonchev–Trinajstić information content (AvgIpc) is 2.38. The number of nitrogens with zero attached hydrogens (tertiary/aromatic N) is 1. The van der Waals surface area contributed by atoms with Crippen molar-refractivity contribution in [1.82, 2.24) is 4.90 Å². The zero-order valence-electron chi connectivity index (χ0n) is 13.5. The van der Waals surface area contributed by atoms with E-state index in [1.807, 2.05) is 19.0 Å². The molecule has 0 fully saturated rings. The summed E-state index contributed by atoms with van der Waals surface area (Å²) < 4.78 is 0. The standard InChI is InChI=1S/C8H17Br.C8H15NO2/c1-2-3-4-5-6-7-8-9;1-7(8(10)11)5-4-6-9(2)3/h2-8H2,1H3;1,4-6H2,2-3H3,(H,10,11). The molecule has 120 valence electrons. The topological polar surface area (TPSA) is 40.5 Å². The van der Waals surface area contributed by atoms with E-state index in [-0.39, 0.29) is 0 Å². The van der Waals surface area contributed by atoms with Crippen LogP contribution in [0.4, 0.5) is 0 Å². The molecule has 0 aliphatic carbocycles. The van der Waals surface area contributed by atoms with E-state index in [0.717, 1.165) is 13.0 Å². The second-order valence-electron chi connectivity index (χ2n) is 5.27. The molecule has 0 heterocycles. The van der Waals surface area contributed by atoms with Crippen LogP contribution in [-0.4, -0.2) is 41.9 Å². The first-order valence-corrected chi connectivity index (χ1v) is 8.69. The fraction of sp³-hybridized carbons (Fsp3) is 0.812. The number of carboxylic acid groups (broad SMARTS) is 1. The maximum Gasteiger partial charge on any atom is 0.330 e. The third-order valence-electron chi connectivity index (χ3n) is 2.87. The maximum absolute atomic E-state index is 10.3. The van der Waals surface area contributed by atoms with Crippen molar-refractivity contribution in [3.8, 4) is 0 Å². The number of aliphatic carboxylic acids is 1. The second kappa shape index (κ2) is 16.7. The van der Waals surface area contributed by atoms with Crippen LogP contribution in [0.5, 0.6) is 0 Å². The lowest BCUT2D eigenvalue weighted by Gasteiger charge is -2.08. The highest BCUT2D eigenvalue weighted by Crippen LogP contribution is 2.05. The maximum atomic E-state index is 10.3. The van der Waals surface area contributed by atoms with Crippen LogP contribution in [0, 0.1) is 0 Å². The molecule has 0 aromatic rings. The predicted octanol–water partition coefficient (Wildman–Crippen LogP) is 4.71. The zero-order chi connectivity index (χ0) is 15.8. The molecule has 0 amide bonds. The van der Waals surface area contributed by atoms with Crippen molar-refractivity contribution in [1.29, 1.82) is 0 Å². The van der Waals surface area contributed by atoms with Crippen molar-refractivity contribution in [2.45, 2.75) is 58.3 Å². The molecule has 0 bridgehead atoms. The molecule has 0 aliphatic rings. The van der Waals surface area contributed by atoms with E-state index >= 15 is 0 Å². The Hall–Kier alpha value is -0.350. The van der Waals surface area contributed by atoms with Crippen LogP contribution in [0.3, 0.4) is 0 Å². The number of rotatable bonds is 11. The summed E-state index contributed by atoms with van der Waals surface area (Å²) in [5, 5.41) is 9.61. The second-order valence-corrected chi connectivity index (χ2v) is 6.07. The number of hydrogen-bond acceptors (Lipinski definition) is 2. The Kier molecular flexibility index (Phi) is 18.3. The van der Waals surface area contributed by atoms with Crippen molar-refractivity contribution in [3.63, 3.8) is 0 Å². The molecule has 20 heavy (non-hydrogen) atoms. The molecule has 0 saturated carbocycles. The van der Waals surface area contributed by atoms with Gasteiger partial charge in [0, 0.05) is 10.9 Å². The Morgan fingerprint density at radius 2 is 1.65 bits per heavy atom. The summed E-state index contributed by atoms with van der Waals surface area (Å²) in [7, 11) is 3.92. The van der Waals surface area contributed by atoms with Gasteiger partial charge in [-0.1, -0.05) is 61.5 Å². The van der Waals surface area contributed by atoms with Gasteiger partial charge in [-0.2, -0.15) is 0 Å². The lowest BCUT2D eigenvalue weighted by atomic mass is 10.1. The smallest absolute Gasteiger partial charge is 0.330 e. The summed E-state index contributed by atoms with van der Waals surface area (Å²) in [6.07, 6.45) is 9.83. The summed E-state index contributed by atoms with van der Waals surface area (Å²) in [6.45, 7) is 6.60. The van der Waals surface area contributed by atoms with Gasteiger partial charge < -0.3 is 10.0 Å². The average molecular weight is 350 g/mol. The molecule has 0 atom stereocenters. The largest absolute Gasteiger partial charge is 0.478 e. The molecule has 0 radical (unpaired) electrons. The molecule has 0 unspecified atom stereocenters. The molecule has 0 rings (SSSR count). The molecule has 3 nitrogen and oxygen atoms in total. The van der Waals surface area contributed by atoms with E-state index in [2.05, 4.69) is 29.4 Å². The van der Waals surface area contributed by atoms with E-state index in [4.69, 9.17) is 5.11 Å². The molecule has 4 heteroatoms. The van der Waals surface area contributed by atoms with Gasteiger partial charge in [0.2, 0.25) is 0 Å². The first-order valence-electron chi connectivity index (χ1n) is 7.57. The predicted molar refractivity (Wildman–Crippen MR) is 91.7 cm³/mol. The van der Waals surface area contributed by atoms with Crippen LogP contribution in [0.1, 0.15) is 58.3 Å². The number of carboxylic acids is 1. The Morgan fingerprint density at radius 1 is 1.10 bits per heavy atom. The Labute approximate surface area is 133 Å². The van der Waals surface area contributed by atoms with E-state index in [1.165, 1.54) is 43.9 Å². The zero-order valence-corrected chi connectivity index (χ0v) is 15.0. The number of carbonyl (C=O) groups is 1. The quantitative estimate of drug-likeness (QED) is 0.333. The van der Waals surface area contributed by atoms with Crippen molar-refractivity contribution in [2.75, 3.05) is 26.0 Å². The monoisotopic (exact) mass is 349 g/mol. The molecule has 0 saturated heterocycles. The summed E-state index contributed by atoms with van der Waals surface area (Å²) in [5.41, 5.74) is 0.298. The van der Waals surface area contributed by atoms with Crippen LogP contribution < -0.4 is 0 Å². The van der Waals surface area contributed by atoms with Crippen LogP contribution in [0.15, 0.2) is 12.2 Å². The van der Waals surface area contributed by atoms with Crippen LogP contribution in [0.2, 0.25) is 0 Å². The fourth-order valence-corrected chi connectivity index (χ4v) is 1.99. The van der Waals surface area contributed by atoms with Crippen molar-refractivity contribution in [2.24, 2.45) is 0 Å². The molecule has 0 aliphatic heterocycles. The third kappa shape index (κ3) is 20.0. The van der Waals surface area contributed by atoms with Crippen LogP contribution in [-0.2, 0) is 4.79 Å². The van der Waals surface area contributed by atoms with Crippen molar-refractivity contribution in [3.05, 3.63) is 12.2 Å². The lowest BCUT2D eigenvalue weighted by molar-refractivity contribution is -0.132. The molecule has 0 aromatic heterocycles. The first kappa shape index (κ1) is 21.9. The van der Waals surface area contributed by atoms with Gasteiger partial charge in [-0.05, 0) is 39.9 Å². The van der Waals surface area contributed by atoms with Gasteiger partial charge in [-0.25, -0.2) is 4.79 Å². The third-order valence-corrected chi connectivity index (χ3v) is 3.43. The van der Waals surface area contributed by atoms with E-state index < -0.39 is 5.97 Å².